The minimum absolute atomic E-state index is 0.0922. The van der Waals surface area contributed by atoms with Gasteiger partial charge in [0, 0.05) is 66.0 Å². The number of rotatable bonds is 6. The SMILES string of the molecule is CCN1C(=O)/C(=C\c2cn(CC(=O)N3CCCCC3C)c3ccccc23)c2cc(S(=O)(=O)N3CCOCC3)ccc21. The monoisotopic (exact) mass is 576 g/mol. The van der Waals surface area contributed by atoms with Gasteiger partial charge >= 0.3 is 0 Å². The fourth-order valence-corrected chi connectivity index (χ4v) is 7.70. The first-order chi connectivity index (χ1) is 19.8. The zero-order valence-corrected chi connectivity index (χ0v) is 24.4. The number of para-hydroxylation sites is 1. The van der Waals surface area contributed by atoms with Gasteiger partial charge in [-0.3, -0.25) is 9.59 Å². The van der Waals surface area contributed by atoms with Crippen LogP contribution in [0.15, 0.2) is 53.6 Å². The van der Waals surface area contributed by atoms with E-state index in [9.17, 15) is 18.0 Å². The minimum Gasteiger partial charge on any atom is -0.379 e. The van der Waals surface area contributed by atoms with E-state index < -0.39 is 10.0 Å². The Morgan fingerprint density at radius 1 is 1.07 bits per heavy atom. The molecule has 2 fully saturated rings. The summed E-state index contributed by atoms with van der Waals surface area (Å²) in [5.41, 5.74) is 3.47. The van der Waals surface area contributed by atoms with Gasteiger partial charge in [-0.1, -0.05) is 18.2 Å². The normalized spacial score (nSPS) is 21.2. The summed E-state index contributed by atoms with van der Waals surface area (Å²) < 4.78 is 35.6. The third-order valence-electron chi connectivity index (χ3n) is 8.50. The van der Waals surface area contributed by atoms with Gasteiger partial charge < -0.3 is 19.1 Å². The zero-order chi connectivity index (χ0) is 28.7. The second kappa shape index (κ2) is 11.1. The molecule has 2 amide bonds. The van der Waals surface area contributed by atoms with E-state index in [-0.39, 0.29) is 29.3 Å². The highest BCUT2D eigenvalue weighted by Crippen LogP contribution is 2.40. The standard InChI is InChI=1S/C31H36N4O5S/c1-3-34-29-12-11-24(41(38,39)33-14-16-40-17-15-33)19-26(29)27(31(34)37)18-23-20-32(28-10-5-4-9-25(23)28)21-30(36)35-13-7-6-8-22(35)2/h4-5,9-12,18-20,22H,3,6-8,13-17,21H2,1-2H3/b27-18-. The first kappa shape index (κ1) is 27.7. The van der Waals surface area contributed by atoms with Crippen molar-refractivity contribution in [3.63, 3.8) is 0 Å². The molecule has 0 saturated carbocycles. The maximum Gasteiger partial charge on any atom is 0.258 e. The van der Waals surface area contributed by atoms with Gasteiger partial charge in [0.25, 0.3) is 5.91 Å². The molecule has 4 heterocycles. The third-order valence-corrected chi connectivity index (χ3v) is 10.4. The van der Waals surface area contributed by atoms with Crippen LogP contribution in [0.3, 0.4) is 0 Å². The number of likely N-dealkylation sites (tertiary alicyclic amines) is 1. The molecule has 2 aromatic carbocycles. The van der Waals surface area contributed by atoms with Gasteiger partial charge in [-0.15, -0.1) is 0 Å². The molecule has 0 aliphatic carbocycles. The largest absolute Gasteiger partial charge is 0.379 e. The fourth-order valence-electron chi connectivity index (χ4n) is 6.27. The first-order valence-electron chi connectivity index (χ1n) is 14.4. The van der Waals surface area contributed by atoms with Gasteiger partial charge in [0.15, 0.2) is 0 Å². The van der Waals surface area contributed by atoms with Gasteiger partial charge in [-0.05, 0) is 63.5 Å². The van der Waals surface area contributed by atoms with Crippen LogP contribution in [0.1, 0.15) is 44.2 Å². The Balaban J connectivity index is 1.40. The number of anilines is 1. The summed E-state index contributed by atoms with van der Waals surface area (Å²) in [6, 6.07) is 13.0. The van der Waals surface area contributed by atoms with Crippen molar-refractivity contribution in [3.8, 4) is 0 Å². The summed E-state index contributed by atoms with van der Waals surface area (Å²) in [6.07, 6.45) is 6.97. The van der Waals surface area contributed by atoms with E-state index in [2.05, 4.69) is 6.92 Å². The van der Waals surface area contributed by atoms with E-state index in [1.165, 1.54) is 4.31 Å². The van der Waals surface area contributed by atoms with Crippen LogP contribution in [-0.2, 0) is 30.9 Å². The van der Waals surface area contributed by atoms with Crippen LogP contribution in [0, 0.1) is 0 Å². The van der Waals surface area contributed by atoms with Crippen molar-refractivity contribution in [2.24, 2.45) is 0 Å². The Labute approximate surface area is 241 Å². The third kappa shape index (κ3) is 4.98. The zero-order valence-electron chi connectivity index (χ0n) is 23.6. The van der Waals surface area contributed by atoms with Crippen LogP contribution >= 0.6 is 0 Å². The van der Waals surface area contributed by atoms with E-state index in [4.69, 9.17) is 4.74 Å². The predicted octanol–water partition coefficient (Wildman–Crippen LogP) is 3.97. The number of hydrogen-bond acceptors (Lipinski definition) is 5. The maximum atomic E-state index is 13.6. The molecule has 0 spiro atoms. The first-order valence-corrected chi connectivity index (χ1v) is 15.9. The molecular formula is C31H36N4O5S. The Kier molecular flexibility index (Phi) is 7.48. The van der Waals surface area contributed by atoms with Crippen molar-refractivity contribution in [3.05, 3.63) is 59.8 Å². The number of likely N-dealkylation sites (N-methyl/N-ethyl adjacent to an activating group) is 1. The van der Waals surface area contributed by atoms with E-state index >= 15 is 0 Å². The molecule has 6 rings (SSSR count). The van der Waals surface area contributed by atoms with Gasteiger partial charge in [-0.2, -0.15) is 4.31 Å². The van der Waals surface area contributed by atoms with Crippen LogP contribution in [0.25, 0.3) is 22.6 Å². The van der Waals surface area contributed by atoms with E-state index in [0.29, 0.717) is 49.7 Å². The molecule has 1 unspecified atom stereocenters. The van der Waals surface area contributed by atoms with Crippen LogP contribution in [0.2, 0.25) is 0 Å². The molecule has 0 N–H and O–H groups in total. The summed E-state index contributed by atoms with van der Waals surface area (Å²) in [5, 5.41) is 0.931. The summed E-state index contributed by atoms with van der Waals surface area (Å²) >= 11 is 0. The highest BCUT2D eigenvalue weighted by molar-refractivity contribution is 7.89. The smallest absolute Gasteiger partial charge is 0.258 e. The Hall–Kier alpha value is -3.47. The molecule has 0 radical (unpaired) electrons. The molecule has 216 valence electrons. The molecule has 1 aromatic heterocycles. The lowest BCUT2D eigenvalue weighted by Crippen LogP contribution is -2.43. The second-order valence-corrected chi connectivity index (χ2v) is 12.9. The molecular weight excluding hydrogens is 540 g/mol. The lowest BCUT2D eigenvalue weighted by molar-refractivity contribution is -0.135. The van der Waals surface area contributed by atoms with Gasteiger partial charge in [0.05, 0.1) is 23.8 Å². The number of ether oxygens (including phenoxy) is 1. The van der Waals surface area contributed by atoms with Crippen LogP contribution < -0.4 is 4.90 Å². The van der Waals surface area contributed by atoms with Crippen molar-refractivity contribution >= 4 is 50.1 Å². The number of carbonyl (C=O) groups is 2. The van der Waals surface area contributed by atoms with Crippen molar-refractivity contribution in [2.45, 2.75) is 50.6 Å². The lowest BCUT2D eigenvalue weighted by Gasteiger charge is -2.33. The number of aromatic nitrogens is 1. The van der Waals surface area contributed by atoms with E-state index in [1.807, 2.05) is 52.9 Å². The van der Waals surface area contributed by atoms with Crippen molar-refractivity contribution < 1.29 is 22.7 Å². The van der Waals surface area contributed by atoms with Gasteiger partial charge in [0.2, 0.25) is 15.9 Å². The minimum atomic E-state index is -3.73. The predicted molar refractivity (Wildman–Crippen MR) is 159 cm³/mol. The number of sulfonamides is 1. The molecule has 0 bridgehead atoms. The van der Waals surface area contributed by atoms with Crippen LogP contribution in [0.5, 0.6) is 0 Å². The summed E-state index contributed by atoms with van der Waals surface area (Å²) in [5.74, 6) is -0.0759. The number of morpholine rings is 1. The molecule has 2 saturated heterocycles. The quantitative estimate of drug-likeness (QED) is 0.414. The van der Waals surface area contributed by atoms with Crippen molar-refractivity contribution in [1.82, 2.24) is 13.8 Å². The number of fused-ring (bicyclic) bond motifs is 2. The molecule has 1 atom stereocenters. The second-order valence-electron chi connectivity index (χ2n) is 11.0. The average Bonchev–Trinajstić information content (AvgIpc) is 3.47. The number of piperidine rings is 1. The molecule has 3 aliphatic rings. The molecule has 10 heteroatoms. The molecule has 3 aliphatic heterocycles. The fraction of sp³-hybridized carbons (Fsp3) is 0.419. The van der Waals surface area contributed by atoms with E-state index in [0.717, 1.165) is 42.3 Å². The van der Waals surface area contributed by atoms with Gasteiger partial charge in [-0.25, -0.2) is 8.42 Å². The summed E-state index contributed by atoms with van der Waals surface area (Å²) in [7, 11) is -3.73. The summed E-state index contributed by atoms with van der Waals surface area (Å²) in [6.45, 7) is 6.81. The Morgan fingerprint density at radius 2 is 1.85 bits per heavy atom. The topological polar surface area (TPSA) is 92.2 Å². The van der Waals surface area contributed by atoms with E-state index in [1.54, 1.807) is 23.1 Å². The maximum absolute atomic E-state index is 13.6. The highest BCUT2D eigenvalue weighted by atomic mass is 32.2. The van der Waals surface area contributed by atoms with Crippen LogP contribution in [0.4, 0.5) is 5.69 Å². The number of hydrogen-bond donors (Lipinski definition) is 0. The molecule has 41 heavy (non-hydrogen) atoms. The number of amides is 2. The number of carbonyl (C=O) groups excluding carboxylic acids is 2. The molecule has 3 aromatic rings. The molecule has 9 nitrogen and oxygen atoms in total. The van der Waals surface area contributed by atoms with Gasteiger partial charge in [0.1, 0.15) is 6.54 Å². The lowest BCUT2D eigenvalue weighted by atomic mass is 10.0. The average molecular weight is 577 g/mol. The van der Waals surface area contributed by atoms with Crippen molar-refractivity contribution in [1.29, 1.82) is 0 Å². The Morgan fingerprint density at radius 3 is 2.61 bits per heavy atom. The number of nitrogens with zero attached hydrogens (tertiary/aromatic N) is 4. The van der Waals surface area contributed by atoms with Crippen LogP contribution in [-0.4, -0.2) is 79.4 Å². The van der Waals surface area contributed by atoms with Crippen molar-refractivity contribution in [2.75, 3.05) is 44.3 Å². The summed E-state index contributed by atoms with van der Waals surface area (Å²) in [4.78, 5) is 30.7. The Bertz CT molecular complexity index is 1640. The highest BCUT2D eigenvalue weighted by Gasteiger charge is 2.34. The number of benzene rings is 2.